The fourth-order valence-corrected chi connectivity index (χ4v) is 3.71. The maximum atomic E-state index is 4.66. The fraction of sp³-hybridized carbons (Fsp3) is 0.217. The molecule has 2 aliphatic carbocycles. The van der Waals surface area contributed by atoms with Crippen LogP contribution in [-0.2, 0) is 6.42 Å². The van der Waals surface area contributed by atoms with Gasteiger partial charge in [0.2, 0.25) is 0 Å². The number of nitrogens with zero attached hydrogens (tertiary/aromatic N) is 2. The molecule has 2 nitrogen and oxygen atoms in total. The fourth-order valence-electron chi connectivity index (χ4n) is 3.71. The average molecular weight is 326 g/mol. The summed E-state index contributed by atoms with van der Waals surface area (Å²) in [5.74, 6) is 1.01. The molecule has 2 unspecified atom stereocenters. The smallest absolute Gasteiger partial charge is 0.0632 e. The second kappa shape index (κ2) is 6.64. The Morgan fingerprint density at radius 2 is 1.88 bits per heavy atom. The molecule has 0 heterocycles. The van der Waals surface area contributed by atoms with Crippen LogP contribution >= 0.6 is 0 Å². The van der Waals surface area contributed by atoms with E-state index < -0.39 is 0 Å². The molecule has 2 aliphatic rings. The van der Waals surface area contributed by atoms with Crippen molar-refractivity contribution in [3.05, 3.63) is 88.6 Å². The third-order valence-electron chi connectivity index (χ3n) is 4.98. The van der Waals surface area contributed by atoms with Crippen molar-refractivity contribution in [2.24, 2.45) is 15.9 Å². The van der Waals surface area contributed by atoms with Crippen LogP contribution in [0.2, 0.25) is 0 Å². The quantitative estimate of drug-likeness (QED) is 0.661. The monoisotopic (exact) mass is 326 g/mol. The van der Waals surface area contributed by atoms with E-state index in [1.807, 2.05) is 19.4 Å². The zero-order valence-corrected chi connectivity index (χ0v) is 14.7. The first-order valence-corrected chi connectivity index (χ1v) is 8.85. The molecule has 0 aromatic heterocycles. The van der Waals surface area contributed by atoms with E-state index >= 15 is 0 Å². The van der Waals surface area contributed by atoms with Gasteiger partial charge in [0.1, 0.15) is 0 Å². The van der Waals surface area contributed by atoms with E-state index in [9.17, 15) is 0 Å². The van der Waals surface area contributed by atoms with Crippen molar-refractivity contribution in [1.29, 1.82) is 0 Å². The molecule has 0 N–H and O–H groups in total. The Kier molecular flexibility index (Phi) is 4.19. The van der Waals surface area contributed by atoms with Gasteiger partial charge in [0.15, 0.2) is 0 Å². The van der Waals surface area contributed by atoms with E-state index in [-0.39, 0.29) is 0 Å². The molecule has 2 heteroatoms. The number of hydrogen-bond donors (Lipinski definition) is 0. The minimum Gasteiger partial charge on any atom is -0.262 e. The van der Waals surface area contributed by atoms with Crippen molar-refractivity contribution in [3.8, 4) is 0 Å². The van der Waals surface area contributed by atoms with Crippen molar-refractivity contribution in [2.45, 2.75) is 26.2 Å². The third kappa shape index (κ3) is 3.25. The number of rotatable bonds is 3. The second-order valence-corrected chi connectivity index (χ2v) is 6.78. The Labute approximate surface area is 149 Å². The van der Waals surface area contributed by atoms with Crippen LogP contribution in [0, 0.1) is 12.8 Å². The summed E-state index contributed by atoms with van der Waals surface area (Å²) in [5, 5.41) is 0. The highest BCUT2D eigenvalue weighted by Crippen LogP contribution is 2.43. The molecule has 0 radical (unpaired) electrons. The first-order valence-electron chi connectivity index (χ1n) is 8.85. The largest absolute Gasteiger partial charge is 0.262 e. The van der Waals surface area contributed by atoms with Crippen LogP contribution in [0.15, 0.2) is 76.4 Å². The molecule has 0 saturated heterocycles. The molecule has 0 saturated carbocycles. The van der Waals surface area contributed by atoms with Crippen LogP contribution in [-0.4, -0.2) is 12.4 Å². The van der Waals surface area contributed by atoms with Crippen LogP contribution < -0.4 is 0 Å². The van der Waals surface area contributed by atoms with Gasteiger partial charge in [-0.2, -0.15) is 0 Å². The SMILES string of the molecule is CC=NC1=CC2Cc3cc(N=Cc4ccc(C)cc4)ccc3C2C=C1. The summed E-state index contributed by atoms with van der Waals surface area (Å²) in [6.07, 6.45) is 11.6. The zero-order valence-electron chi connectivity index (χ0n) is 14.7. The molecule has 0 aliphatic heterocycles. The lowest BCUT2D eigenvalue weighted by Gasteiger charge is -2.17. The van der Waals surface area contributed by atoms with Gasteiger partial charge in [0.25, 0.3) is 0 Å². The minimum atomic E-state index is 0.487. The number of aliphatic imine (C=N–C) groups is 2. The van der Waals surface area contributed by atoms with Gasteiger partial charge in [-0.1, -0.05) is 48.0 Å². The van der Waals surface area contributed by atoms with Gasteiger partial charge >= 0.3 is 0 Å². The normalized spacial score (nSPS) is 21.6. The molecule has 2 aromatic carbocycles. The predicted molar refractivity (Wildman–Crippen MR) is 106 cm³/mol. The number of allylic oxidation sites excluding steroid dienone is 3. The minimum absolute atomic E-state index is 0.487. The Hall–Kier alpha value is -2.74. The van der Waals surface area contributed by atoms with E-state index in [2.05, 4.69) is 77.6 Å². The molecule has 124 valence electrons. The van der Waals surface area contributed by atoms with Crippen molar-refractivity contribution >= 4 is 18.1 Å². The summed E-state index contributed by atoms with van der Waals surface area (Å²) < 4.78 is 0. The van der Waals surface area contributed by atoms with Gasteiger partial charge in [0.05, 0.1) is 11.4 Å². The highest BCUT2D eigenvalue weighted by molar-refractivity contribution is 5.82. The van der Waals surface area contributed by atoms with E-state index in [1.165, 1.54) is 16.7 Å². The van der Waals surface area contributed by atoms with Gasteiger partial charge < -0.3 is 0 Å². The van der Waals surface area contributed by atoms with Crippen LogP contribution in [0.5, 0.6) is 0 Å². The van der Waals surface area contributed by atoms with Crippen LogP contribution in [0.4, 0.5) is 5.69 Å². The molecule has 0 bridgehead atoms. The third-order valence-corrected chi connectivity index (χ3v) is 4.98. The van der Waals surface area contributed by atoms with E-state index in [0.717, 1.165) is 23.4 Å². The Morgan fingerprint density at radius 1 is 1.04 bits per heavy atom. The Bertz CT molecular complexity index is 898. The lowest BCUT2D eigenvalue weighted by molar-refractivity contribution is 0.624. The maximum Gasteiger partial charge on any atom is 0.0632 e. The topological polar surface area (TPSA) is 24.7 Å². The first kappa shape index (κ1) is 15.8. The molecule has 0 fully saturated rings. The standard InChI is InChI=1S/C23H22N2/c1-3-24-20-8-10-22-18(13-20)12-19-14-21(9-11-23(19)22)25-15-17-6-4-16(2)5-7-17/h3-11,13-15,18,22H,12H2,1-2H3. The van der Waals surface area contributed by atoms with Gasteiger partial charge in [-0.15, -0.1) is 0 Å². The molecular weight excluding hydrogens is 304 g/mol. The molecular formula is C23H22N2. The van der Waals surface area contributed by atoms with E-state index in [0.29, 0.717) is 11.8 Å². The summed E-state index contributed by atoms with van der Waals surface area (Å²) >= 11 is 0. The highest BCUT2D eigenvalue weighted by Gasteiger charge is 2.31. The van der Waals surface area contributed by atoms with Gasteiger partial charge in [-0.25, -0.2) is 0 Å². The Balaban J connectivity index is 1.56. The van der Waals surface area contributed by atoms with E-state index in [4.69, 9.17) is 0 Å². The molecule has 4 rings (SSSR count). The number of aryl methyl sites for hydroxylation is 1. The molecule has 2 atom stereocenters. The number of fused-ring (bicyclic) bond motifs is 3. The predicted octanol–water partition coefficient (Wildman–Crippen LogP) is 5.55. The second-order valence-electron chi connectivity index (χ2n) is 6.78. The van der Waals surface area contributed by atoms with Crippen LogP contribution in [0.3, 0.4) is 0 Å². The summed E-state index contributed by atoms with van der Waals surface area (Å²) in [6.45, 7) is 4.06. The van der Waals surface area contributed by atoms with Crippen molar-refractivity contribution in [1.82, 2.24) is 0 Å². The summed E-state index contributed by atoms with van der Waals surface area (Å²) in [6, 6.07) is 15.0. The van der Waals surface area contributed by atoms with Crippen LogP contribution in [0.1, 0.15) is 35.1 Å². The van der Waals surface area contributed by atoms with Crippen LogP contribution in [0.25, 0.3) is 0 Å². The summed E-state index contributed by atoms with van der Waals surface area (Å²) in [7, 11) is 0. The summed E-state index contributed by atoms with van der Waals surface area (Å²) in [5.41, 5.74) is 7.35. The van der Waals surface area contributed by atoms with Gasteiger partial charge in [-0.3, -0.25) is 9.98 Å². The first-order chi connectivity index (χ1) is 12.2. The van der Waals surface area contributed by atoms with Gasteiger partial charge in [0, 0.05) is 18.3 Å². The molecule has 0 amide bonds. The average Bonchev–Trinajstić information content (AvgIpc) is 2.98. The molecule has 2 aromatic rings. The lowest BCUT2D eigenvalue weighted by Crippen LogP contribution is -2.06. The Morgan fingerprint density at radius 3 is 2.68 bits per heavy atom. The van der Waals surface area contributed by atoms with Crippen molar-refractivity contribution in [2.75, 3.05) is 0 Å². The zero-order chi connectivity index (χ0) is 17.2. The molecule has 25 heavy (non-hydrogen) atoms. The van der Waals surface area contributed by atoms with Gasteiger partial charge in [-0.05, 0) is 61.1 Å². The lowest BCUT2D eigenvalue weighted by atomic mass is 9.88. The molecule has 0 spiro atoms. The van der Waals surface area contributed by atoms with Crippen molar-refractivity contribution < 1.29 is 0 Å². The van der Waals surface area contributed by atoms with E-state index in [1.54, 1.807) is 0 Å². The maximum absolute atomic E-state index is 4.66. The number of benzene rings is 2. The number of hydrogen-bond acceptors (Lipinski definition) is 2. The summed E-state index contributed by atoms with van der Waals surface area (Å²) in [4.78, 5) is 9.08. The van der Waals surface area contributed by atoms with Crippen molar-refractivity contribution in [3.63, 3.8) is 0 Å². The highest BCUT2D eigenvalue weighted by atomic mass is 14.7.